The van der Waals surface area contributed by atoms with Crippen LogP contribution in [-0.2, 0) is 9.59 Å². The highest BCUT2D eigenvalue weighted by Crippen LogP contribution is 2.25. The highest BCUT2D eigenvalue weighted by atomic mass is 32.2. The second-order valence-corrected chi connectivity index (χ2v) is 4.20. The lowest BCUT2D eigenvalue weighted by atomic mass is 10.3. The minimum atomic E-state index is -0.222. The second kappa shape index (κ2) is 5.01. The van der Waals surface area contributed by atoms with E-state index >= 15 is 0 Å². The number of methoxy groups -OCH3 is 1. The molecule has 1 aliphatic rings. The van der Waals surface area contributed by atoms with E-state index in [1.807, 2.05) is 0 Å². The lowest BCUT2D eigenvalue weighted by Gasteiger charge is -2.16. The predicted octanol–water partition coefficient (Wildman–Crippen LogP) is 1.29. The molecule has 1 aromatic carbocycles. The van der Waals surface area contributed by atoms with Crippen molar-refractivity contribution in [2.45, 2.75) is 0 Å². The molecule has 2 amide bonds. The van der Waals surface area contributed by atoms with E-state index in [0.29, 0.717) is 23.0 Å². The summed E-state index contributed by atoms with van der Waals surface area (Å²) in [5, 5.41) is 0.401. The quantitative estimate of drug-likeness (QED) is 0.758. The van der Waals surface area contributed by atoms with Crippen LogP contribution in [0.25, 0.3) is 0 Å². The van der Waals surface area contributed by atoms with Crippen LogP contribution in [0.2, 0.25) is 0 Å². The second-order valence-electron chi connectivity index (χ2n) is 3.25. The molecule has 0 aliphatic carbocycles. The van der Waals surface area contributed by atoms with E-state index in [9.17, 15) is 9.59 Å². The summed E-state index contributed by atoms with van der Waals surface area (Å²) < 4.78 is 5.08. The van der Waals surface area contributed by atoms with Gasteiger partial charge in [0, 0.05) is 6.07 Å². The Morgan fingerprint density at radius 1 is 1.53 bits per heavy atom. The lowest BCUT2D eigenvalue weighted by Crippen LogP contribution is -2.25. The van der Waals surface area contributed by atoms with Crippen molar-refractivity contribution in [3.63, 3.8) is 0 Å². The van der Waals surface area contributed by atoms with Gasteiger partial charge in [0.2, 0.25) is 6.41 Å². The molecule has 0 aromatic heterocycles. The summed E-state index contributed by atoms with van der Waals surface area (Å²) in [6.07, 6.45) is 0.638. The van der Waals surface area contributed by atoms with E-state index < -0.39 is 0 Å². The molecule has 0 spiro atoms. The van der Waals surface area contributed by atoms with E-state index in [-0.39, 0.29) is 11.7 Å². The van der Waals surface area contributed by atoms with Gasteiger partial charge in [0.25, 0.3) is 5.91 Å². The molecule has 88 valence electrons. The molecule has 0 saturated heterocycles. The van der Waals surface area contributed by atoms with E-state index in [0.717, 1.165) is 0 Å². The Hall–Kier alpha value is -1.82. The first-order chi connectivity index (χ1) is 8.24. The number of amides is 2. The van der Waals surface area contributed by atoms with Crippen LogP contribution in [0.3, 0.4) is 0 Å². The summed E-state index contributed by atoms with van der Waals surface area (Å²) in [4.78, 5) is 27.2. The van der Waals surface area contributed by atoms with E-state index in [1.165, 1.54) is 16.7 Å². The number of thioether (sulfide) groups is 1. The molecular weight excluding hydrogens is 240 g/mol. The summed E-state index contributed by atoms with van der Waals surface area (Å²) >= 11 is 1.25. The fourth-order valence-electron chi connectivity index (χ4n) is 1.40. The first-order valence-electron chi connectivity index (χ1n) is 4.87. The van der Waals surface area contributed by atoms with E-state index in [1.54, 1.807) is 31.4 Å². The highest BCUT2D eigenvalue weighted by molar-refractivity contribution is 8.15. The minimum Gasteiger partial charge on any atom is -0.497 e. The van der Waals surface area contributed by atoms with Crippen LogP contribution in [0.5, 0.6) is 5.75 Å². The average Bonchev–Trinajstić information content (AvgIpc) is 2.77. The Balaban J connectivity index is 2.32. The molecule has 17 heavy (non-hydrogen) atoms. The molecule has 0 N–H and O–H groups in total. The molecule has 1 aromatic rings. The van der Waals surface area contributed by atoms with Gasteiger partial charge in [-0.15, -0.1) is 0 Å². The van der Waals surface area contributed by atoms with Crippen molar-refractivity contribution >= 4 is 34.9 Å². The van der Waals surface area contributed by atoms with Crippen molar-refractivity contribution in [2.75, 3.05) is 17.8 Å². The molecule has 0 unspecified atom stereocenters. The molecule has 0 atom stereocenters. The first-order valence-corrected chi connectivity index (χ1v) is 5.86. The van der Waals surface area contributed by atoms with Crippen LogP contribution in [0.15, 0.2) is 29.3 Å². The monoisotopic (exact) mass is 250 g/mol. The molecule has 2 rings (SSSR count). The number of hydrogen-bond donors (Lipinski definition) is 0. The average molecular weight is 250 g/mol. The maximum atomic E-state index is 11.1. The molecule has 1 heterocycles. The fraction of sp³-hybridized carbons (Fsp3) is 0.182. The maximum absolute atomic E-state index is 11.1. The number of rotatable bonds is 3. The molecule has 6 heteroatoms. The number of benzene rings is 1. The van der Waals surface area contributed by atoms with Crippen molar-refractivity contribution in [3.8, 4) is 5.75 Å². The van der Waals surface area contributed by atoms with Crippen LogP contribution < -0.4 is 9.64 Å². The zero-order valence-electron chi connectivity index (χ0n) is 9.12. The molecular formula is C11H10N2O3S. The molecule has 5 nitrogen and oxygen atoms in total. The summed E-state index contributed by atoms with van der Waals surface area (Å²) in [5.41, 5.74) is 0.625. The van der Waals surface area contributed by atoms with Crippen LogP contribution >= 0.6 is 11.8 Å². The zero-order chi connectivity index (χ0) is 12.3. The highest BCUT2D eigenvalue weighted by Gasteiger charge is 2.21. The largest absolute Gasteiger partial charge is 0.497 e. The lowest BCUT2D eigenvalue weighted by molar-refractivity contribution is -0.115. The molecule has 1 aliphatic heterocycles. The third-order valence-corrected chi connectivity index (χ3v) is 3.13. The summed E-state index contributed by atoms with van der Waals surface area (Å²) in [5.74, 6) is 0.702. The van der Waals surface area contributed by atoms with Crippen LogP contribution in [0.1, 0.15) is 0 Å². The van der Waals surface area contributed by atoms with E-state index in [2.05, 4.69) is 4.99 Å². The number of nitrogens with zero attached hydrogens (tertiary/aromatic N) is 2. The van der Waals surface area contributed by atoms with Crippen LogP contribution in [0.4, 0.5) is 5.69 Å². The third-order valence-electron chi connectivity index (χ3n) is 2.19. The van der Waals surface area contributed by atoms with E-state index in [4.69, 9.17) is 4.74 Å². The van der Waals surface area contributed by atoms with Gasteiger partial charge in [-0.25, -0.2) is 0 Å². The van der Waals surface area contributed by atoms with Gasteiger partial charge >= 0.3 is 0 Å². The molecule has 0 bridgehead atoms. The Bertz CT molecular complexity index is 487. The normalized spacial score (nSPS) is 14.4. The van der Waals surface area contributed by atoms with Crippen molar-refractivity contribution in [1.82, 2.24) is 0 Å². The summed E-state index contributed by atoms with van der Waals surface area (Å²) in [6.45, 7) is 0. The van der Waals surface area contributed by atoms with Crippen LogP contribution in [-0.4, -0.2) is 30.3 Å². The van der Waals surface area contributed by atoms with Gasteiger partial charge < -0.3 is 4.74 Å². The van der Waals surface area contributed by atoms with Crippen molar-refractivity contribution in [3.05, 3.63) is 24.3 Å². The number of aliphatic imine (C=N–C) groups is 1. The Morgan fingerprint density at radius 3 is 2.94 bits per heavy atom. The van der Waals surface area contributed by atoms with Gasteiger partial charge in [-0.2, -0.15) is 4.99 Å². The van der Waals surface area contributed by atoms with Gasteiger partial charge in [0.1, 0.15) is 5.75 Å². The topological polar surface area (TPSA) is 59.0 Å². The minimum absolute atomic E-state index is 0.222. The van der Waals surface area contributed by atoms with Crippen molar-refractivity contribution in [2.24, 2.45) is 4.99 Å². The molecule has 0 radical (unpaired) electrons. The zero-order valence-corrected chi connectivity index (χ0v) is 9.94. The van der Waals surface area contributed by atoms with Gasteiger partial charge in [0.05, 0.1) is 18.6 Å². The fourth-order valence-corrected chi connectivity index (χ4v) is 2.17. The number of carbonyl (C=O) groups is 2. The number of ether oxygens (including phenoxy) is 1. The smallest absolute Gasteiger partial charge is 0.258 e. The molecule has 0 fully saturated rings. The first kappa shape index (κ1) is 11.7. The van der Waals surface area contributed by atoms with Crippen LogP contribution in [0, 0.1) is 0 Å². The van der Waals surface area contributed by atoms with Crippen molar-refractivity contribution in [1.29, 1.82) is 0 Å². The number of hydrogen-bond acceptors (Lipinski definition) is 4. The van der Waals surface area contributed by atoms with Gasteiger partial charge in [-0.05, 0) is 12.1 Å². The van der Waals surface area contributed by atoms with Gasteiger partial charge in [0.15, 0.2) is 5.17 Å². The maximum Gasteiger partial charge on any atom is 0.258 e. The molecule has 0 saturated carbocycles. The SMILES string of the molecule is COc1cccc(N(C=O)C2=NC(=O)CS2)c1. The Morgan fingerprint density at radius 2 is 2.35 bits per heavy atom. The van der Waals surface area contributed by atoms with Gasteiger partial charge in [-0.1, -0.05) is 17.8 Å². The Kier molecular flexibility index (Phi) is 3.43. The van der Waals surface area contributed by atoms with Crippen molar-refractivity contribution < 1.29 is 14.3 Å². The number of carbonyl (C=O) groups excluding carboxylic acids is 2. The summed E-state index contributed by atoms with van der Waals surface area (Å²) in [7, 11) is 1.55. The summed E-state index contributed by atoms with van der Waals surface area (Å²) in [6, 6.07) is 7.01. The Labute approximate surface area is 102 Å². The number of anilines is 1. The number of amidine groups is 1. The van der Waals surface area contributed by atoms with Gasteiger partial charge in [-0.3, -0.25) is 14.5 Å². The standard InChI is InChI=1S/C11H10N2O3S/c1-16-9-4-2-3-8(5-9)13(7-14)11-12-10(15)6-17-11/h2-5,7H,6H2,1H3. The predicted molar refractivity (Wildman–Crippen MR) is 66.4 cm³/mol. The third kappa shape index (κ3) is 2.47.